The molecule has 0 bridgehead atoms. The number of hydrogen-bond acceptors (Lipinski definition) is 5. The summed E-state index contributed by atoms with van der Waals surface area (Å²) in [6, 6.07) is 7.80. The predicted octanol–water partition coefficient (Wildman–Crippen LogP) is 2.49. The largest absolute Gasteiger partial charge is 0.454 e. The number of carbonyl (C=O) groups excluding carboxylic acids is 1. The Bertz CT molecular complexity index is 961. The van der Waals surface area contributed by atoms with Gasteiger partial charge in [0.25, 0.3) is 0 Å². The van der Waals surface area contributed by atoms with Crippen LogP contribution in [-0.4, -0.2) is 33.9 Å². The van der Waals surface area contributed by atoms with Crippen LogP contribution < -0.4 is 19.1 Å². The van der Waals surface area contributed by atoms with Gasteiger partial charge >= 0.3 is 0 Å². The van der Waals surface area contributed by atoms with Crippen molar-refractivity contribution in [3.8, 4) is 11.5 Å². The monoisotopic (exact) mass is 398 g/mol. The van der Waals surface area contributed by atoms with E-state index < -0.39 is 39.8 Å². The second-order valence-electron chi connectivity index (χ2n) is 5.77. The molecule has 0 aromatic heterocycles. The van der Waals surface area contributed by atoms with Gasteiger partial charge in [0.2, 0.25) is 22.7 Å². The van der Waals surface area contributed by atoms with Crippen molar-refractivity contribution in [2.24, 2.45) is 0 Å². The number of nitrogens with one attached hydrogen (secondary N) is 1. The lowest BCUT2D eigenvalue weighted by Gasteiger charge is -2.23. The first-order valence-electron chi connectivity index (χ1n) is 7.87. The second kappa shape index (κ2) is 7.39. The van der Waals surface area contributed by atoms with E-state index in [2.05, 4.69) is 5.32 Å². The van der Waals surface area contributed by atoms with Gasteiger partial charge in [-0.15, -0.1) is 0 Å². The fourth-order valence-electron chi connectivity index (χ4n) is 2.57. The highest BCUT2D eigenvalue weighted by atomic mass is 32.2. The minimum atomic E-state index is -4.00. The Morgan fingerprint density at radius 1 is 1.15 bits per heavy atom. The van der Waals surface area contributed by atoms with Gasteiger partial charge in [-0.3, -0.25) is 9.10 Å². The van der Waals surface area contributed by atoms with E-state index >= 15 is 0 Å². The van der Waals surface area contributed by atoms with Crippen molar-refractivity contribution >= 4 is 27.3 Å². The van der Waals surface area contributed by atoms with Crippen LogP contribution in [0.25, 0.3) is 0 Å². The van der Waals surface area contributed by atoms with Gasteiger partial charge in [0, 0.05) is 24.7 Å². The van der Waals surface area contributed by atoms with Crippen molar-refractivity contribution in [2.45, 2.75) is 6.42 Å². The number of carbonyl (C=O) groups is 1. The molecule has 1 heterocycles. The summed E-state index contributed by atoms with van der Waals surface area (Å²) in [6.07, 6.45) is 0.504. The minimum Gasteiger partial charge on any atom is -0.454 e. The quantitative estimate of drug-likeness (QED) is 0.808. The third kappa shape index (κ3) is 4.27. The molecule has 7 nitrogen and oxygen atoms in total. The number of halogens is 2. The van der Waals surface area contributed by atoms with Crippen LogP contribution in [0.1, 0.15) is 6.42 Å². The van der Waals surface area contributed by atoms with E-state index in [1.807, 2.05) is 0 Å². The maximum atomic E-state index is 14.0. The van der Waals surface area contributed by atoms with Gasteiger partial charge in [0.1, 0.15) is 5.69 Å². The molecular formula is C17H16F2N2O5S. The average molecular weight is 398 g/mol. The molecule has 0 saturated carbocycles. The third-order valence-corrected chi connectivity index (χ3v) is 4.95. The highest BCUT2D eigenvalue weighted by Gasteiger charge is 2.25. The molecule has 1 amide bonds. The lowest BCUT2D eigenvalue weighted by molar-refractivity contribution is -0.116. The van der Waals surface area contributed by atoms with Crippen LogP contribution in [0, 0.1) is 11.6 Å². The number of sulfonamides is 1. The summed E-state index contributed by atoms with van der Waals surface area (Å²) in [7, 11) is -4.00. The molecule has 0 unspecified atom stereocenters. The summed E-state index contributed by atoms with van der Waals surface area (Å²) in [5.41, 5.74) is -0.289. The summed E-state index contributed by atoms with van der Waals surface area (Å²) < 4.78 is 62.8. The summed E-state index contributed by atoms with van der Waals surface area (Å²) in [4.78, 5) is 12.2. The highest BCUT2D eigenvalue weighted by Crippen LogP contribution is 2.34. The van der Waals surface area contributed by atoms with Gasteiger partial charge in [-0.05, 0) is 24.3 Å². The topological polar surface area (TPSA) is 84.9 Å². The van der Waals surface area contributed by atoms with Gasteiger partial charge in [-0.1, -0.05) is 6.07 Å². The van der Waals surface area contributed by atoms with Gasteiger partial charge < -0.3 is 14.8 Å². The van der Waals surface area contributed by atoms with Crippen LogP contribution in [0.5, 0.6) is 11.5 Å². The first-order valence-corrected chi connectivity index (χ1v) is 9.72. The van der Waals surface area contributed by atoms with E-state index in [0.717, 1.165) is 24.5 Å². The number of para-hydroxylation sites is 1. The fraction of sp³-hybridized carbons (Fsp3) is 0.235. The van der Waals surface area contributed by atoms with Crippen molar-refractivity contribution in [1.82, 2.24) is 0 Å². The molecule has 0 aliphatic carbocycles. The van der Waals surface area contributed by atoms with Gasteiger partial charge in [-0.25, -0.2) is 17.2 Å². The number of anilines is 2. The summed E-state index contributed by atoms with van der Waals surface area (Å²) in [6.45, 7) is -0.336. The molecule has 0 spiro atoms. The van der Waals surface area contributed by atoms with E-state index in [1.54, 1.807) is 18.2 Å². The summed E-state index contributed by atoms with van der Waals surface area (Å²) >= 11 is 0. The maximum Gasteiger partial charge on any atom is 0.232 e. The highest BCUT2D eigenvalue weighted by molar-refractivity contribution is 7.92. The molecule has 1 aliphatic heterocycles. The Morgan fingerprint density at radius 3 is 2.48 bits per heavy atom. The van der Waals surface area contributed by atoms with Gasteiger partial charge in [0.15, 0.2) is 23.1 Å². The predicted molar refractivity (Wildman–Crippen MR) is 94.4 cm³/mol. The lowest BCUT2D eigenvalue weighted by Crippen LogP contribution is -2.34. The average Bonchev–Trinajstić information content (AvgIpc) is 3.04. The van der Waals surface area contributed by atoms with Gasteiger partial charge in [0.05, 0.1) is 6.26 Å². The molecule has 0 atom stereocenters. The van der Waals surface area contributed by atoms with E-state index in [0.29, 0.717) is 21.5 Å². The molecule has 10 heteroatoms. The smallest absolute Gasteiger partial charge is 0.232 e. The normalized spacial score (nSPS) is 12.7. The number of nitrogens with zero attached hydrogens (tertiary/aromatic N) is 1. The van der Waals surface area contributed by atoms with Crippen LogP contribution in [0.4, 0.5) is 20.2 Å². The molecule has 2 aromatic rings. The van der Waals surface area contributed by atoms with Crippen molar-refractivity contribution in [3.63, 3.8) is 0 Å². The Kier molecular flexibility index (Phi) is 5.17. The minimum absolute atomic E-state index is 0.0876. The van der Waals surface area contributed by atoms with Crippen LogP contribution in [-0.2, 0) is 14.8 Å². The Morgan fingerprint density at radius 2 is 1.81 bits per heavy atom. The van der Waals surface area contributed by atoms with Gasteiger partial charge in [-0.2, -0.15) is 0 Å². The molecule has 144 valence electrons. The Balaban J connectivity index is 1.71. The molecule has 0 radical (unpaired) electrons. The van der Waals surface area contributed by atoms with Crippen LogP contribution in [0.2, 0.25) is 0 Å². The first kappa shape index (κ1) is 18.9. The number of hydrogen-bond donors (Lipinski definition) is 1. The lowest BCUT2D eigenvalue weighted by atomic mass is 10.2. The standard InChI is InChI=1S/C17H16F2N2O5S/c1-27(23,24)21(17-12(18)3-2-4-13(17)19)8-7-16(22)20-11-5-6-14-15(9-11)26-10-25-14/h2-6,9H,7-8,10H2,1H3,(H,20,22). The summed E-state index contributed by atoms with van der Waals surface area (Å²) in [5, 5.41) is 2.58. The fourth-order valence-corrected chi connectivity index (χ4v) is 3.50. The van der Waals surface area contributed by atoms with Crippen LogP contribution >= 0.6 is 0 Å². The molecule has 0 saturated heterocycles. The zero-order valence-corrected chi connectivity index (χ0v) is 15.1. The zero-order chi connectivity index (χ0) is 19.6. The second-order valence-corrected chi connectivity index (χ2v) is 7.68. The van der Waals surface area contributed by atoms with Crippen LogP contribution in [0.3, 0.4) is 0 Å². The first-order chi connectivity index (χ1) is 12.8. The van der Waals surface area contributed by atoms with Crippen molar-refractivity contribution in [3.05, 3.63) is 48.0 Å². The summed E-state index contributed by atoms with van der Waals surface area (Å²) in [5.74, 6) is -1.57. The van der Waals surface area contributed by atoms with Crippen molar-refractivity contribution in [1.29, 1.82) is 0 Å². The number of benzene rings is 2. The molecule has 1 N–H and O–H groups in total. The van der Waals surface area contributed by atoms with E-state index in [9.17, 15) is 22.0 Å². The molecule has 2 aromatic carbocycles. The molecule has 1 aliphatic rings. The van der Waals surface area contributed by atoms with Crippen molar-refractivity contribution in [2.75, 3.05) is 29.2 Å². The van der Waals surface area contributed by atoms with E-state index in [4.69, 9.17) is 9.47 Å². The maximum absolute atomic E-state index is 14.0. The van der Waals surface area contributed by atoms with Crippen LogP contribution in [0.15, 0.2) is 36.4 Å². The third-order valence-electron chi connectivity index (χ3n) is 3.79. The number of rotatable bonds is 6. The molecule has 0 fully saturated rings. The Labute approximate surface area is 154 Å². The number of fused-ring (bicyclic) bond motifs is 1. The number of amides is 1. The molecule has 27 heavy (non-hydrogen) atoms. The molecular weight excluding hydrogens is 382 g/mol. The molecule has 3 rings (SSSR count). The SMILES string of the molecule is CS(=O)(=O)N(CCC(=O)Nc1ccc2c(c1)OCO2)c1c(F)cccc1F. The van der Waals surface area contributed by atoms with E-state index in [-0.39, 0.29) is 13.2 Å². The van der Waals surface area contributed by atoms with Crippen molar-refractivity contribution < 1.29 is 31.5 Å². The zero-order valence-electron chi connectivity index (χ0n) is 14.2. The number of ether oxygens (including phenoxy) is 2. The van der Waals surface area contributed by atoms with E-state index in [1.165, 1.54) is 0 Å². The Hall–Kier alpha value is -2.88.